The monoisotopic (exact) mass is 319 g/mol. The molecule has 0 aliphatic carbocycles. The molecule has 1 fully saturated rings. The Labute approximate surface area is 125 Å². The number of methoxy groups -OCH3 is 1. The third kappa shape index (κ3) is 2.99. The van der Waals surface area contributed by atoms with E-state index in [2.05, 4.69) is 0 Å². The van der Waals surface area contributed by atoms with Gasteiger partial charge in [0.1, 0.15) is 0 Å². The lowest BCUT2D eigenvalue weighted by atomic mass is 10.2. The molecule has 1 aromatic rings. The number of carbonyl (C=O) groups excluding carboxylic acids is 2. The van der Waals surface area contributed by atoms with Crippen molar-refractivity contribution in [2.24, 2.45) is 0 Å². The molecule has 0 N–H and O–H groups in total. The van der Waals surface area contributed by atoms with E-state index in [0.717, 1.165) is 0 Å². The molecule has 0 aromatic heterocycles. The Hall–Kier alpha value is -0.910. The summed E-state index contributed by atoms with van der Waals surface area (Å²) in [5.41, 5.74) is 0.408. The van der Waals surface area contributed by atoms with Gasteiger partial charge in [0.25, 0.3) is 5.91 Å². The van der Waals surface area contributed by atoms with Crippen LogP contribution in [0.4, 0.5) is 0 Å². The Morgan fingerprint density at radius 2 is 2.11 bits per heavy atom. The zero-order valence-corrected chi connectivity index (χ0v) is 12.4. The minimum atomic E-state index is -0.591. The van der Waals surface area contributed by atoms with Gasteiger partial charge in [-0.1, -0.05) is 23.2 Å². The molecule has 0 radical (unpaired) electrons. The van der Waals surface area contributed by atoms with Crippen LogP contribution in [-0.2, 0) is 9.53 Å². The Balaban J connectivity index is 2.23. The van der Waals surface area contributed by atoms with Crippen molar-refractivity contribution in [3.63, 3.8) is 0 Å². The molecule has 4 nitrogen and oxygen atoms in total. The van der Waals surface area contributed by atoms with E-state index in [1.807, 2.05) is 0 Å². The molecular weight excluding hydrogens is 309 g/mol. The first kappa shape index (κ1) is 14.5. The van der Waals surface area contributed by atoms with Gasteiger partial charge in [-0.15, -0.1) is 11.8 Å². The molecule has 0 spiro atoms. The van der Waals surface area contributed by atoms with Gasteiger partial charge in [-0.2, -0.15) is 0 Å². The fourth-order valence-electron chi connectivity index (χ4n) is 1.77. The molecule has 1 heterocycles. The summed E-state index contributed by atoms with van der Waals surface area (Å²) in [6.45, 7) is 0.503. The minimum Gasteiger partial charge on any atom is -0.467 e. The topological polar surface area (TPSA) is 46.6 Å². The van der Waals surface area contributed by atoms with E-state index in [1.165, 1.54) is 29.8 Å². The van der Waals surface area contributed by atoms with Crippen molar-refractivity contribution in [2.45, 2.75) is 5.37 Å². The van der Waals surface area contributed by atoms with Crippen LogP contribution in [0.2, 0.25) is 10.0 Å². The number of carbonyl (C=O) groups is 2. The zero-order chi connectivity index (χ0) is 14.0. The van der Waals surface area contributed by atoms with Gasteiger partial charge in [-0.3, -0.25) is 4.79 Å². The van der Waals surface area contributed by atoms with Gasteiger partial charge < -0.3 is 9.64 Å². The van der Waals surface area contributed by atoms with Crippen molar-refractivity contribution in [3.05, 3.63) is 33.8 Å². The summed E-state index contributed by atoms with van der Waals surface area (Å²) in [5, 5.41) is 0.111. The van der Waals surface area contributed by atoms with E-state index in [4.69, 9.17) is 27.9 Å². The van der Waals surface area contributed by atoms with Crippen LogP contribution in [0.3, 0.4) is 0 Å². The number of benzene rings is 1. The molecule has 102 valence electrons. The second-order valence-electron chi connectivity index (χ2n) is 3.87. The Bertz CT molecular complexity index is 524. The van der Waals surface area contributed by atoms with Crippen molar-refractivity contribution < 1.29 is 14.3 Å². The molecule has 1 aliphatic rings. The highest BCUT2D eigenvalue weighted by molar-refractivity contribution is 8.00. The molecule has 1 aromatic carbocycles. The standard InChI is InChI=1S/C12H11Cl2NO3S/c1-18-12(17)11-15(4-5-19-11)10(16)7-2-3-8(13)9(14)6-7/h2-3,6,11H,4-5H2,1H3. The van der Waals surface area contributed by atoms with E-state index in [-0.39, 0.29) is 5.91 Å². The van der Waals surface area contributed by atoms with Crippen LogP contribution in [0.25, 0.3) is 0 Å². The highest BCUT2D eigenvalue weighted by atomic mass is 35.5. The van der Waals surface area contributed by atoms with Crippen LogP contribution in [0.1, 0.15) is 10.4 Å². The number of halogens is 2. The first-order valence-corrected chi connectivity index (χ1v) is 7.30. The maximum absolute atomic E-state index is 12.3. The fourth-order valence-corrected chi connectivity index (χ4v) is 3.21. The Morgan fingerprint density at radius 3 is 2.74 bits per heavy atom. The lowest BCUT2D eigenvalue weighted by Crippen LogP contribution is -2.40. The second kappa shape index (κ2) is 6.03. The first-order chi connectivity index (χ1) is 9.04. The van der Waals surface area contributed by atoms with Crippen molar-refractivity contribution >= 4 is 46.8 Å². The maximum Gasteiger partial charge on any atom is 0.339 e. The van der Waals surface area contributed by atoms with E-state index < -0.39 is 11.3 Å². The summed E-state index contributed by atoms with van der Waals surface area (Å²) in [6, 6.07) is 4.66. The predicted molar refractivity (Wildman–Crippen MR) is 75.8 cm³/mol. The predicted octanol–water partition coefficient (Wildman–Crippen LogP) is 2.68. The fraction of sp³-hybridized carbons (Fsp3) is 0.333. The molecule has 1 atom stereocenters. The second-order valence-corrected chi connectivity index (χ2v) is 5.88. The van der Waals surface area contributed by atoms with E-state index >= 15 is 0 Å². The summed E-state index contributed by atoms with van der Waals surface area (Å²) in [4.78, 5) is 25.4. The van der Waals surface area contributed by atoms with Gasteiger partial charge in [0.05, 0.1) is 17.2 Å². The van der Waals surface area contributed by atoms with Crippen LogP contribution in [-0.4, -0.2) is 41.6 Å². The van der Waals surface area contributed by atoms with Crippen LogP contribution >= 0.6 is 35.0 Å². The molecule has 7 heteroatoms. The van der Waals surface area contributed by atoms with Gasteiger partial charge >= 0.3 is 5.97 Å². The number of thioether (sulfide) groups is 1. The average Bonchev–Trinajstić information content (AvgIpc) is 2.89. The molecule has 0 saturated carbocycles. The summed E-state index contributed by atoms with van der Waals surface area (Å²) in [5.74, 6) is 0.0298. The SMILES string of the molecule is COC(=O)C1SCCN1C(=O)c1ccc(Cl)c(Cl)c1. The van der Waals surface area contributed by atoms with Crippen molar-refractivity contribution in [1.82, 2.24) is 4.90 Å². The number of ether oxygens (including phenoxy) is 1. The first-order valence-electron chi connectivity index (χ1n) is 5.50. The smallest absolute Gasteiger partial charge is 0.339 e. The molecule has 1 aliphatic heterocycles. The summed E-state index contributed by atoms with van der Waals surface area (Å²) < 4.78 is 4.69. The summed E-state index contributed by atoms with van der Waals surface area (Å²) in [7, 11) is 1.31. The van der Waals surface area contributed by atoms with Crippen molar-refractivity contribution in [1.29, 1.82) is 0 Å². The lowest BCUT2D eigenvalue weighted by Gasteiger charge is -2.21. The molecule has 1 saturated heterocycles. The van der Waals surface area contributed by atoms with Gasteiger partial charge in [0, 0.05) is 17.9 Å². The molecule has 1 amide bonds. The molecule has 2 rings (SSSR count). The highest BCUT2D eigenvalue weighted by Gasteiger charge is 2.36. The van der Waals surface area contributed by atoms with E-state index in [1.54, 1.807) is 12.1 Å². The van der Waals surface area contributed by atoms with Crippen LogP contribution in [0, 0.1) is 0 Å². The summed E-state index contributed by atoms with van der Waals surface area (Å²) >= 11 is 13.1. The largest absolute Gasteiger partial charge is 0.467 e. The van der Waals surface area contributed by atoms with E-state index in [0.29, 0.717) is 27.9 Å². The third-order valence-electron chi connectivity index (χ3n) is 2.72. The van der Waals surface area contributed by atoms with Gasteiger partial charge in [-0.25, -0.2) is 4.79 Å². The average molecular weight is 320 g/mol. The third-order valence-corrected chi connectivity index (χ3v) is 4.64. The Kier molecular flexibility index (Phi) is 4.60. The van der Waals surface area contributed by atoms with E-state index in [9.17, 15) is 9.59 Å². The van der Waals surface area contributed by atoms with Gasteiger partial charge in [0.15, 0.2) is 5.37 Å². The lowest BCUT2D eigenvalue weighted by molar-refractivity contribution is -0.142. The zero-order valence-electron chi connectivity index (χ0n) is 10.1. The number of hydrogen-bond acceptors (Lipinski definition) is 4. The van der Waals surface area contributed by atoms with Crippen molar-refractivity contribution in [2.75, 3.05) is 19.4 Å². The maximum atomic E-state index is 12.3. The van der Waals surface area contributed by atoms with Crippen LogP contribution in [0.15, 0.2) is 18.2 Å². The number of nitrogens with zero attached hydrogens (tertiary/aromatic N) is 1. The molecule has 0 bridgehead atoms. The number of amides is 1. The van der Waals surface area contributed by atoms with Crippen LogP contribution < -0.4 is 0 Å². The quantitative estimate of drug-likeness (QED) is 0.786. The van der Waals surface area contributed by atoms with Crippen molar-refractivity contribution in [3.8, 4) is 0 Å². The van der Waals surface area contributed by atoms with Gasteiger partial charge in [0.2, 0.25) is 0 Å². The minimum absolute atomic E-state index is 0.251. The Morgan fingerprint density at radius 1 is 1.37 bits per heavy atom. The van der Waals surface area contributed by atoms with Crippen LogP contribution in [0.5, 0.6) is 0 Å². The normalized spacial score (nSPS) is 18.5. The molecular formula is C12H11Cl2NO3S. The highest BCUT2D eigenvalue weighted by Crippen LogP contribution is 2.28. The number of rotatable bonds is 2. The molecule has 19 heavy (non-hydrogen) atoms. The number of hydrogen-bond donors (Lipinski definition) is 0. The summed E-state index contributed by atoms with van der Waals surface area (Å²) in [6.07, 6.45) is 0. The van der Waals surface area contributed by atoms with Gasteiger partial charge in [-0.05, 0) is 18.2 Å². The molecule has 1 unspecified atom stereocenters. The number of esters is 1.